The Hall–Kier alpha value is -1.80. The number of hydrogen-bond acceptors (Lipinski definition) is 2. The number of hydrogen-bond donors (Lipinski definition) is 1. The fourth-order valence-corrected chi connectivity index (χ4v) is 3.01. The first-order valence-electron chi connectivity index (χ1n) is 8.40. The predicted octanol–water partition coefficient (Wildman–Crippen LogP) is 4.59. The van der Waals surface area contributed by atoms with Gasteiger partial charge in [-0.1, -0.05) is 48.4 Å². The third-order valence-corrected chi connectivity index (χ3v) is 4.43. The number of benzene rings is 2. The molecule has 1 fully saturated rings. The van der Waals surface area contributed by atoms with Gasteiger partial charge >= 0.3 is 0 Å². The molecule has 0 amide bonds. The van der Waals surface area contributed by atoms with Crippen LogP contribution in [0.25, 0.3) is 0 Å². The summed E-state index contributed by atoms with van der Waals surface area (Å²) in [5.74, 6) is 0. The van der Waals surface area contributed by atoms with Gasteiger partial charge in [0.15, 0.2) is 0 Å². The van der Waals surface area contributed by atoms with Crippen LogP contribution in [0.5, 0.6) is 0 Å². The summed E-state index contributed by atoms with van der Waals surface area (Å²) < 4.78 is 0. The molecule has 1 aliphatic heterocycles. The SMILES string of the molecule is Cc1ccc(CNc2ccc(CN3CCCCC3)cc2)cc1. The number of piperidine rings is 1. The Kier molecular flexibility index (Phi) is 5.12. The minimum atomic E-state index is 0.881. The molecule has 22 heavy (non-hydrogen) atoms. The molecule has 2 aromatic rings. The van der Waals surface area contributed by atoms with E-state index in [1.54, 1.807) is 0 Å². The summed E-state index contributed by atoms with van der Waals surface area (Å²) in [6, 6.07) is 17.6. The highest BCUT2D eigenvalue weighted by Gasteiger charge is 2.10. The zero-order chi connectivity index (χ0) is 15.2. The molecule has 0 saturated carbocycles. The zero-order valence-corrected chi connectivity index (χ0v) is 13.5. The van der Waals surface area contributed by atoms with Crippen molar-refractivity contribution in [3.8, 4) is 0 Å². The van der Waals surface area contributed by atoms with Gasteiger partial charge in [0.1, 0.15) is 0 Å². The molecular formula is C20H26N2. The van der Waals surface area contributed by atoms with Crippen LogP contribution in [0.2, 0.25) is 0 Å². The Bertz CT molecular complexity index is 566. The van der Waals surface area contributed by atoms with Gasteiger partial charge < -0.3 is 5.32 Å². The van der Waals surface area contributed by atoms with Crippen molar-refractivity contribution in [2.24, 2.45) is 0 Å². The largest absolute Gasteiger partial charge is 0.381 e. The number of anilines is 1. The molecule has 0 bridgehead atoms. The first kappa shape index (κ1) is 15.1. The van der Waals surface area contributed by atoms with Crippen LogP contribution in [0.3, 0.4) is 0 Å². The van der Waals surface area contributed by atoms with E-state index in [1.807, 2.05) is 0 Å². The minimum Gasteiger partial charge on any atom is -0.381 e. The third-order valence-electron chi connectivity index (χ3n) is 4.43. The summed E-state index contributed by atoms with van der Waals surface area (Å²) in [6.45, 7) is 6.61. The maximum absolute atomic E-state index is 3.50. The molecule has 2 heteroatoms. The smallest absolute Gasteiger partial charge is 0.0400 e. The molecule has 0 unspecified atom stereocenters. The Balaban J connectivity index is 1.51. The molecule has 0 radical (unpaired) electrons. The van der Waals surface area contributed by atoms with Crippen LogP contribution in [0.1, 0.15) is 36.0 Å². The number of likely N-dealkylation sites (tertiary alicyclic amines) is 1. The van der Waals surface area contributed by atoms with E-state index >= 15 is 0 Å². The van der Waals surface area contributed by atoms with Gasteiger partial charge in [-0.2, -0.15) is 0 Å². The molecule has 0 spiro atoms. The molecule has 3 rings (SSSR count). The van der Waals surface area contributed by atoms with Gasteiger partial charge in [0, 0.05) is 18.8 Å². The van der Waals surface area contributed by atoms with Crippen molar-refractivity contribution < 1.29 is 0 Å². The highest BCUT2D eigenvalue weighted by atomic mass is 15.1. The highest BCUT2D eigenvalue weighted by molar-refractivity contribution is 5.45. The van der Waals surface area contributed by atoms with Gasteiger partial charge in [0.2, 0.25) is 0 Å². The van der Waals surface area contributed by atoms with Crippen LogP contribution in [0.4, 0.5) is 5.69 Å². The summed E-state index contributed by atoms with van der Waals surface area (Å²) in [4.78, 5) is 2.57. The van der Waals surface area contributed by atoms with Crippen LogP contribution >= 0.6 is 0 Å². The third kappa shape index (κ3) is 4.35. The van der Waals surface area contributed by atoms with Gasteiger partial charge in [-0.3, -0.25) is 4.90 Å². The van der Waals surface area contributed by atoms with Crippen LogP contribution in [0.15, 0.2) is 48.5 Å². The second kappa shape index (κ2) is 7.46. The van der Waals surface area contributed by atoms with E-state index in [4.69, 9.17) is 0 Å². The van der Waals surface area contributed by atoms with E-state index in [1.165, 1.54) is 54.7 Å². The lowest BCUT2D eigenvalue weighted by atomic mass is 10.1. The minimum absolute atomic E-state index is 0.881. The van der Waals surface area contributed by atoms with Gasteiger partial charge in [0.05, 0.1) is 0 Å². The van der Waals surface area contributed by atoms with Crippen LogP contribution in [0, 0.1) is 6.92 Å². The molecule has 2 aromatic carbocycles. The Morgan fingerprint density at radius 3 is 2.14 bits per heavy atom. The van der Waals surface area contributed by atoms with E-state index in [0.717, 1.165) is 13.1 Å². The normalized spacial score (nSPS) is 15.7. The van der Waals surface area contributed by atoms with E-state index in [2.05, 4.69) is 65.7 Å². The fraction of sp³-hybridized carbons (Fsp3) is 0.400. The fourth-order valence-electron chi connectivity index (χ4n) is 3.01. The second-order valence-corrected chi connectivity index (χ2v) is 6.37. The van der Waals surface area contributed by atoms with Crippen molar-refractivity contribution in [3.63, 3.8) is 0 Å². The lowest BCUT2D eigenvalue weighted by molar-refractivity contribution is 0.221. The molecule has 0 aliphatic carbocycles. The van der Waals surface area contributed by atoms with Crippen LogP contribution in [-0.2, 0) is 13.1 Å². The Labute approximate surface area is 134 Å². The van der Waals surface area contributed by atoms with Crippen molar-refractivity contribution in [1.82, 2.24) is 4.90 Å². The second-order valence-electron chi connectivity index (χ2n) is 6.37. The van der Waals surface area contributed by atoms with Crippen molar-refractivity contribution in [2.75, 3.05) is 18.4 Å². The molecule has 2 nitrogen and oxygen atoms in total. The average molecular weight is 294 g/mol. The molecule has 0 atom stereocenters. The molecule has 1 aliphatic rings. The summed E-state index contributed by atoms with van der Waals surface area (Å²) in [7, 11) is 0. The van der Waals surface area contributed by atoms with E-state index < -0.39 is 0 Å². The quantitative estimate of drug-likeness (QED) is 0.867. The van der Waals surface area contributed by atoms with E-state index in [-0.39, 0.29) is 0 Å². The molecule has 0 aromatic heterocycles. The lowest BCUT2D eigenvalue weighted by Gasteiger charge is -2.26. The molecule has 116 valence electrons. The summed E-state index contributed by atoms with van der Waals surface area (Å²) in [5.41, 5.74) is 5.25. The Morgan fingerprint density at radius 2 is 1.45 bits per heavy atom. The average Bonchev–Trinajstić information content (AvgIpc) is 2.57. The molecule has 1 saturated heterocycles. The van der Waals surface area contributed by atoms with Crippen molar-refractivity contribution in [3.05, 3.63) is 65.2 Å². The van der Waals surface area contributed by atoms with Gasteiger partial charge in [-0.25, -0.2) is 0 Å². The topological polar surface area (TPSA) is 15.3 Å². The summed E-state index contributed by atoms with van der Waals surface area (Å²) in [6.07, 6.45) is 4.12. The number of nitrogens with zero attached hydrogens (tertiary/aromatic N) is 1. The standard InChI is InChI=1S/C20H26N2/c1-17-5-7-18(8-6-17)15-21-20-11-9-19(10-12-20)16-22-13-3-2-4-14-22/h5-12,21H,2-4,13-16H2,1H3. The molecular weight excluding hydrogens is 268 g/mol. The Morgan fingerprint density at radius 1 is 0.818 bits per heavy atom. The summed E-state index contributed by atoms with van der Waals surface area (Å²) in [5, 5.41) is 3.50. The summed E-state index contributed by atoms with van der Waals surface area (Å²) >= 11 is 0. The number of nitrogens with one attached hydrogen (secondary N) is 1. The monoisotopic (exact) mass is 294 g/mol. The van der Waals surface area contributed by atoms with Crippen molar-refractivity contribution >= 4 is 5.69 Å². The maximum Gasteiger partial charge on any atom is 0.0400 e. The first-order chi connectivity index (χ1) is 10.8. The van der Waals surface area contributed by atoms with E-state index in [0.29, 0.717) is 0 Å². The number of aryl methyl sites for hydroxylation is 1. The lowest BCUT2D eigenvalue weighted by Crippen LogP contribution is -2.29. The van der Waals surface area contributed by atoms with Crippen molar-refractivity contribution in [1.29, 1.82) is 0 Å². The maximum atomic E-state index is 3.50. The molecule has 1 heterocycles. The van der Waals surface area contributed by atoms with E-state index in [9.17, 15) is 0 Å². The zero-order valence-electron chi connectivity index (χ0n) is 13.5. The molecule has 1 N–H and O–H groups in total. The van der Waals surface area contributed by atoms with Crippen molar-refractivity contribution in [2.45, 2.75) is 39.3 Å². The number of rotatable bonds is 5. The highest BCUT2D eigenvalue weighted by Crippen LogP contribution is 2.16. The van der Waals surface area contributed by atoms with Gasteiger partial charge in [-0.15, -0.1) is 0 Å². The first-order valence-corrected chi connectivity index (χ1v) is 8.40. The van der Waals surface area contributed by atoms with Crippen LogP contribution < -0.4 is 5.32 Å². The van der Waals surface area contributed by atoms with Crippen LogP contribution in [-0.4, -0.2) is 18.0 Å². The van der Waals surface area contributed by atoms with Gasteiger partial charge in [-0.05, 0) is 56.1 Å². The predicted molar refractivity (Wildman–Crippen MR) is 94.1 cm³/mol. The van der Waals surface area contributed by atoms with Gasteiger partial charge in [0.25, 0.3) is 0 Å².